The second-order valence-electron chi connectivity index (χ2n) is 5.64. The fraction of sp³-hybridized carbons (Fsp3) is 0.471. The van der Waals surface area contributed by atoms with Crippen LogP contribution in [0.15, 0.2) is 30.7 Å². The summed E-state index contributed by atoms with van der Waals surface area (Å²) in [6.07, 6.45) is 6.50. The van der Waals surface area contributed by atoms with E-state index in [1.54, 1.807) is 6.20 Å². The molecule has 0 radical (unpaired) electrons. The Labute approximate surface area is 136 Å². The zero-order valence-corrected chi connectivity index (χ0v) is 13.4. The lowest BCUT2D eigenvalue weighted by Crippen LogP contribution is -2.35. The minimum Gasteiger partial charge on any atom is -0.465 e. The fourth-order valence-corrected chi connectivity index (χ4v) is 3.01. The van der Waals surface area contributed by atoms with Crippen molar-refractivity contribution in [1.82, 2.24) is 14.9 Å². The van der Waals surface area contributed by atoms with Gasteiger partial charge in [0.05, 0.1) is 18.7 Å². The van der Waals surface area contributed by atoms with Crippen molar-refractivity contribution in [3.63, 3.8) is 0 Å². The summed E-state index contributed by atoms with van der Waals surface area (Å²) in [5.41, 5.74) is 2.13. The quantitative estimate of drug-likeness (QED) is 0.801. The van der Waals surface area contributed by atoms with Crippen molar-refractivity contribution in [2.75, 3.05) is 44.2 Å². The number of nitrogens with zero attached hydrogens (tertiary/aromatic N) is 4. The van der Waals surface area contributed by atoms with E-state index in [0.717, 1.165) is 43.5 Å². The summed E-state index contributed by atoms with van der Waals surface area (Å²) in [5, 5.41) is 1.08. The van der Waals surface area contributed by atoms with Crippen LogP contribution in [0, 0.1) is 0 Å². The summed E-state index contributed by atoms with van der Waals surface area (Å²) in [7, 11) is 0. The van der Waals surface area contributed by atoms with E-state index >= 15 is 0 Å². The Hall–Kier alpha value is -2.21. The Morgan fingerprint density at radius 1 is 1.22 bits per heavy atom. The number of hydrogen-bond acceptors (Lipinski definition) is 6. The summed E-state index contributed by atoms with van der Waals surface area (Å²) >= 11 is 0. The van der Waals surface area contributed by atoms with Gasteiger partial charge in [-0.3, -0.25) is 19.7 Å². The van der Waals surface area contributed by atoms with Crippen molar-refractivity contribution in [1.29, 1.82) is 0 Å². The van der Waals surface area contributed by atoms with Crippen LogP contribution >= 0.6 is 0 Å². The van der Waals surface area contributed by atoms with Crippen LogP contribution in [0.1, 0.15) is 13.3 Å². The smallest absolute Gasteiger partial charge is 0.320 e. The Kier molecular flexibility index (Phi) is 5.02. The average molecular weight is 314 g/mol. The zero-order valence-electron chi connectivity index (χ0n) is 13.4. The highest BCUT2D eigenvalue weighted by molar-refractivity contribution is 5.90. The van der Waals surface area contributed by atoms with Gasteiger partial charge in [0, 0.05) is 55.8 Å². The van der Waals surface area contributed by atoms with E-state index in [2.05, 4.69) is 19.8 Å². The van der Waals surface area contributed by atoms with Gasteiger partial charge < -0.3 is 9.64 Å². The first-order valence-electron chi connectivity index (χ1n) is 8.09. The second-order valence-corrected chi connectivity index (χ2v) is 5.64. The van der Waals surface area contributed by atoms with Crippen LogP contribution in [0.2, 0.25) is 0 Å². The maximum atomic E-state index is 11.7. The number of aromatic nitrogens is 2. The van der Waals surface area contributed by atoms with Crippen molar-refractivity contribution in [3.8, 4) is 0 Å². The molecule has 0 unspecified atom stereocenters. The van der Waals surface area contributed by atoms with Crippen molar-refractivity contribution in [2.45, 2.75) is 13.3 Å². The normalized spacial score (nSPS) is 16.3. The van der Waals surface area contributed by atoms with Crippen LogP contribution in [-0.2, 0) is 9.53 Å². The van der Waals surface area contributed by atoms with Gasteiger partial charge in [-0.05, 0) is 25.5 Å². The summed E-state index contributed by atoms with van der Waals surface area (Å²) in [5.74, 6) is -0.139. The molecule has 122 valence electrons. The van der Waals surface area contributed by atoms with E-state index in [-0.39, 0.29) is 5.97 Å². The minimum atomic E-state index is -0.139. The predicted molar refractivity (Wildman–Crippen MR) is 89.4 cm³/mol. The van der Waals surface area contributed by atoms with E-state index < -0.39 is 0 Å². The van der Waals surface area contributed by atoms with Crippen LogP contribution < -0.4 is 4.90 Å². The first kappa shape index (κ1) is 15.7. The maximum Gasteiger partial charge on any atom is 0.320 e. The molecular formula is C17H22N4O2. The van der Waals surface area contributed by atoms with Crippen LogP contribution in [0.3, 0.4) is 0 Å². The molecule has 6 heteroatoms. The third-order valence-electron chi connectivity index (χ3n) is 4.11. The molecule has 2 aromatic rings. The molecule has 23 heavy (non-hydrogen) atoms. The number of carbonyl (C=O) groups excluding carboxylic acids is 1. The van der Waals surface area contributed by atoms with Crippen molar-refractivity contribution in [2.24, 2.45) is 0 Å². The first-order valence-corrected chi connectivity index (χ1v) is 8.09. The zero-order chi connectivity index (χ0) is 16.1. The van der Waals surface area contributed by atoms with Gasteiger partial charge in [0.25, 0.3) is 0 Å². The van der Waals surface area contributed by atoms with Gasteiger partial charge in [-0.25, -0.2) is 0 Å². The number of pyridine rings is 2. The molecule has 0 aliphatic carbocycles. The van der Waals surface area contributed by atoms with E-state index in [0.29, 0.717) is 13.2 Å². The molecule has 0 aromatic carbocycles. The van der Waals surface area contributed by atoms with E-state index in [1.165, 1.54) is 5.69 Å². The first-order chi connectivity index (χ1) is 11.3. The van der Waals surface area contributed by atoms with Crippen LogP contribution in [-0.4, -0.2) is 60.2 Å². The van der Waals surface area contributed by atoms with Crippen molar-refractivity contribution >= 4 is 22.6 Å². The lowest BCUT2D eigenvalue weighted by atomic mass is 10.2. The summed E-state index contributed by atoms with van der Waals surface area (Å²) in [4.78, 5) is 24.8. The molecule has 0 spiro atoms. The molecule has 1 fully saturated rings. The molecule has 2 aromatic heterocycles. The molecule has 3 heterocycles. The van der Waals surface area contributed by atoms with Gasteiger partial charge in [-0.2, -0.15) is 0 Å². The molecule has 0 amide bonds. The number of carbonyl (C=O) groups is 1. The van der Waals surface area contributed by atoms with Gasteiger partial charge in [-0.1, -0.05) is 0 Å². The topological polar surface area (TPSA) is 58.6 Å². The molecule has 0 bridgehead atoms. The molecule has 6 nitrogen and oxygen atoms in total. The molecule has 1 aliphatic rings. The van der Waals surface area contributed by atoms with Gasteiger partial charge in [0.2, 0.25) is 0 Å². The van der Waals surface area contributed by atoms with Crippen LogP contribution in [0.5, 0.6) is 0 Å². The highest BCUT2D eigenvalue weighted by atomic mass is 16.5. The second kappa shape index (κ2) is 7.37. The fourth-order valence-electron chi connectivity index (χ4n) is 3.01. The summed E-state index contributed by atoms with van der Waals surface area (Å²) in [6.45, 7) is 6.26. The van der Waals surface area contributed by atoms with Crippen molar-refractivity contribution in [3.05, 3.63) is 30.7 Å². The number of fused-ring (bicyclic) bond motifs is 1. The average Bonchev–Trinajstić information content (AvgIpc) is 2.80. The largest absolute Gasteiger partial charge is 0.465 e. The van der Waals surface area contributed by atoms with Gasteiger partial charge >= 0.3 is 5.97 Å². The van der Waals surface area contributed by atoms with Gasteiger partial charge in [-0.15, -0.1) is 0 Å². The summed E-state index contributed by atoms with van der Waals surface area (Å²) < 4.78 is 5.04. The molecule has 0 atom stereocenters. The van der Waals surface area contributed by atoms with E-state index in [4.69, 9.17) is 4.74 Å². The Morgan fingerprint density at radius 3 is 3.00 bits per heavy atom. The lowest BCUT2D eigenvalue weighted by Gasteiger charge is -2.24. The predicted octanol–water partition coefficient (Wildman–Crippen LogP) is 1.70. The monoisotopic (exact) mass is 314 g/mol. The third kappa shape index (κ3) is 3.76. The van der Waals surface area contributed by atoms with Crippen molar-refractivity contribution < 1.29 is 9.53 Å². The van der Waals surface area contributed by atoms with Crippen LogP contribution in [0.4, 0.5) is 5.69 Å². The Morgan fingerprint density at radius 2 is 2.13 bits per heavy atom. The number of esters is 1. The molecule has 3 rings (SSSR count). The van der Waals surface area contributed by atoms with Gasteiger partial charge in [0.1, 0.15) is 0 Å². The SMILES string of the molecule is CCOC(=O)CN1CCCN(c2ccnc3ccncc23)CC1. The van der Waals surface area contributed by atoms with Crippen LogP contribution in [0.25, 0.3) is 10.9 Å². The lowest BCUT2D eigenvalue weighted by molar-refractivity contribution is -0.144. The standard InChI is InChI=1S/C17H22N4O2/c1-2-23-17(22)13-20-8-3-9-21(11-10-20)16-5-7-19-15-4-6-18-12-14(15)16/h4-7,12H,2-3,8-11,13H2,1H3. The maximum absolute atomic E-state index is 11.7. The molecular weight excluding hydrogens is 292 g/mol. The summed E-state index contributed by atoms with van der Waals surface area (Å²) in [6, 6.07) is 3.98. The Balaban J connectivity index is 1.71. The number of hydrogen-bond donors (Lipinski definition) is 0. The minimum absolute atomic E-state index is 0.139. The number of ether oxygens (including phenoxy) is 1. The molecule has 1 saturated heterocycles. The number of anilines is 1. The third-order valence-corrected chi connectivity index (χ3v) is 4.11. The highest BCUT2D eigenvalue weighted by Gasteiger charge is 2.19. The van der Waals surface area contributed by atoms with E-state index in [9.17, 15) is 4.79 Å². The molecule has 0 saturated carbocycles. The Bertz CT molecular complexity index is 671. The molecule has 1 aliphatic heterocycles. The van der Waals surface area contributed by atoms with Gasteiger partial charge in [0.15, 0.2) is 0 Å². The number of rotatable bonds is 4. The van der Waals surface area contributed by atoms with E-state index in [1.807, 2.05) is 31.5 Å². The highest BCUT2D eigenvalue weighted by Crippen LogP contribution is 2.25. The molecule has 0 N–H and O–H groups in total.